The number of nitrogens with two attached hydrogens (primary N) is 1. The number of carbonyl (C=O) groups is 1. The summed E-state index contributed by atoms with van der Waals surface area (Å²) < 4.78 is 0. The first-order chi connectivity index (χ1) is 4.30. The van der Waals surface area contributed by atoms with E-state index in [1.165, 1.54) is 18.6 Å². The summed E-state index contributed by atoms with van der Waals surface area (Å²) in [7, 11) is 0. The van der Waals surface area contributed by atoms with Crippen molar-refractivity contribution in [1.29, 1.82) is 0 Å². The summed E-state index contributed by atoms with van der Waals surface area (Å²) >= 11 is 0. The molecule has 0 aromatic carbocycles. The number of hydrogen-bond donors (Lipinski definition) is 1. The van der Waals surface area contributed by atoms with E-state index in [0.717, 1.165) is 0 Å². The molecule has 0 radical (unpaired) electrons. The van der Waals surface area contributed by atoms with Gasteiger partial charge < -0.3 is 5.73 Å². The van der Waals surface area contributed by atoms with Gasteiger partial charge in [0.2, 0.25) is 0 Å². The van der Waals surface area contributed by atoms with Crippen molar-refractivity contribution in [2.45, 2.75) is 0 Å². The van der Waals surface area contributed by atoms with Crippen LogP contribution >= 0.6 is 0 Å². The smallest absolute Gasteiger partial charge is 0.364 e. The van der Waals surface area contributed by atoms with Crippen LogP contribution in [0.25, 0.3) is 0 Å². The summed E-state index contributed by atoms with van der Waals surface area (Å²) in [6, 6.07) is 1.46. The van der Waals surface area contributed by atoms with Crippen molar-refractivity contribution >= 4 is 5.91 Å². The summed E-state index contributed by atoms with van der Waals surface area (Å²) in [5.41, 5.74) is 5.13. The Morgan fingerprint density at radius 1 is 1.78 bits per heavy atom. The average molecular weight is 124 g/mol. The second-order valence-electron chi connectivity index (χ2n) is 1.46. The van der Waals surface area contributed by atoms with E-state index in [9.17, 15) is 4.79 Å². The zero-order valence-electron chi connectivity index (χ0n) is 5.61. The van der Waals surface area contributed by atoms with Gasteiger partial charge in [-0.1, -0.05) is 0 Å². The number of rotatable bonds is 1. The second kappa shape index (κ2) is 2.21. The molecule has 1 heterocycles. The van der Waals surface area contributed by atoms with Crippen molar-refractivity contribution in [2.24, 2.45) is 5.73 Å². The Labute approximate surface area is 53.2 Å². The zero-order chi connectivity index (χ0) is 6.69. The first-order valence-electron chi connectivity index (χ1n) is 2.36. The van der Waals surface area contributed by atoms with Crippen LogP contribution in [0.3, 0.4) is 0 Å². The van der Waals surface area contributed by atoms with Gasteiger partial charge in [0.15, 0.2) is 0 Å². The van der Waals surface area contributed by atoms with Gasteiger partial charge in [0.1, 0.15) is 12.0 Å². The minimum absolute atomic E-state index is 0. The van der Waals surface area contributed by atoms with E-state index < -0.39 is 5.91 Å². The van der Waals surface area contributed by atoms with Crippen molar-refractivity contribution in [2.75, 3.05) is 0 Å². The first-order valence-corrected chi connectivity index (χ1v) is 2.36. The summed E-state index contributed by atoms with van der Waals surface area (Å²) in [5.74, 6) is -0.530. The Hall–Kier alpha value is -1.45. The van der Waals surface area contributed by atoms with Crippen LogP contribution in [0.2, 0.25) is 0 Å². The van der Waals surface area contributed by atoms with Crippen LogP contribution < -0.4 is 5.73 Å². The van der Waals surface area contributed by atoms with Gasteiger partial charge in [-0.05, 0) is 6.07 Å². The molecule has 2 N–H and O–H groups in total. The minimum Gasteiger partial charge on any atom is -0.364 e. The molecule has 9 heavy (non-hydrogen) atoms. The van der Waals surface area contributed by atoms with Crippen LogP contribution in [0.5, 0.6) is 0 Å². The summed E-state index contributed by atoms with van der Waals surface area (Å²) in [5, 5.41) is 0. The third kappa shape index (κ3) is 1.22. The number of primary amides is 1. The van der Waals surface area contributed by atoms with Gasteiger partial charge in [-0.3, -0.25) is 4.79 Å². The van der Waals surface area contributed by atoms with Crippen LogP contribution in [0, 0.1) is 0 Å². The molecule has 4 nitrogen and oxygen atoms in total. The van der Waals surface area contributed by atoms with Crippen molar-refractivity contribution < 1.29 is 6.22 Å². The highest BCUT2D eigenvalue weighted by Crippen LogP contribution is 1.85. The molecule has 0 saturated heterocycles. The maximum Gasteiger partial charge on any atom is 1.00 e. The lowest BCUT2D eigenvalue weighted by molar-refractivity contribution is 0.0995. The number of amides is 1. The molecule has 0 unspecified atom stereocenters. The molecule has 1 rings (SSSR count). The van der Waals surface area contributed by atoms with E-state index in [0.29, 0.717) is 0 Å². The zero-order valence-corrected chi connectivity index (χ0v) is 4.61. The molecular weight excluding hydrogens is 118 g/mol. The molecule has 1 aromatic rings. The molecule has 0 spiro atoms. The quantitative estimate of drug-likeness (QED) is 0.558. The van der Waals surface area contributed by atoms with Crippen LogP contribution in [-0.4, -0.2) is 15.9 Å². The van der Waals surface area contributed by atoms with Gasteiger partial charge >= 0.3 is 1.43 Å². The van der Waals surface area contributed by atoms with E-state index >= 15 is 0 Å². The predicted octanol–water partition coefficient (Wildman–Crippen LogP) is -0.312. The summed E-state index contributed by atoms with van der Waals surface area (Å²) in [6.07, 6.45) is 2.74. The average Bonchev–Trinajstić information content (AvgIpc) is 1.90. The minimum atomic E-state index is -0.530. The number of aromatic nitrogens is 2. The fraction of sp³-hybridized carbons (Fsp3) is 0. The highest BCUT2D eigenvalue weighted by molar-refractivity contribution is 5.90. The monoisotopic (exact) mass is 124 g/mol. The molecule has 0 aliphatic rings. The van der Waals surface area contributed by atoms with Crippen molar-refractivity contribution in [3.63, 3.8) is 0 Å². The fourth-order valence-corrected chi connectivity index (χ4v) is 0.436. The Kier molecular flexibility index (Phi) is 1.40. The molecule has 4 heteroatoms. The Bertz CT molecular complexity index is 213. The molecule has 0 saturated carbocycles. The molecule has 0 fully saturated rings. The molecule has 0 aliphatic carbocycles. The molecule has 0 atom stereocenters. The normalized spacial score (nSPS) is 8.89. The molecule has 46 valence electrons. The lowest BCUT2D eigenvalue weighted by Gasteiger charge is -1.87. The molecule has 1 amide bonds. The van der Waals surface area contributed by atoms with Crippen LogP contribution in [0.1, 0.15) is 11.9 Å². The van der Waals surface area contributed by atoms with Crippen molar-refractivity contribution in [3.05, 3.63) is 24.3 Å². The van der Waals surface area contributed by atoms with Crippen LogP contribution in [-0.2, 0) is 0 Å². The van der Waals surface area contributed by atoms with E-state index in [-0.39, 0.29) is 7.12 Å². The van der Waals surface area contributed by atoms with Gasteiger partial charge in [-0.15, -0.1) is 0 Å². The summed E-state index contributed by atoms with van der Waals surface area (Å²) in [4.78, 5) is 17.5. The highest BCUT2D eigenvalue weighted by Gasteiger charge is 1.96. The maximum absolute atomic E-state index is 10.3. The van der Waals surface area contributed by atoms with Gasteiger partial charge in [-0.2, -0.15) is 0 Å². The Balaban J connectivity index is 0.000000810. The fourth-order valence-electron chi connectivity index (χ4n) is 0.436. The van der Waals surface area contributed by atoms with Gasteiger partial charge in [0.05, 0.1) is 0 Å². The SMILES string of the molecule is NC(=O)c1ccncn1.[H+]. The largest absolute Gasteiger partial charge is 1.00 e. The summed E-state index contributed by atoms with van der Waals surface area (Å²) in [6.45, 7) is 0. The van der Waals surface area contributed by atoms with Gasteiger partial charge in [-0.25, -0.2) is 9.97 Å². The first kappa shape index (κ1) is 5.68. The molecule has 0 bridgehead atoms. The van der Waals surface area contributed by atoms with Crippen molar-refractivity contribution in [1.82, 2.24) is 9.97 Å². The van der Waals surface area contributed by atoms with Gasteiger partial charge in [0, 0.05) is 6.20 Å². The third-order valence-corrected chi connectivity index (χ3v) is 0.834. The van der Waals surface area contributed by atoms with E-state index in [1.54, 1.807) is 0 Å². The Morgan fingerprint density at radius 2 is 2.56 bits per heavy atom. The number of nitrogens with zero attached hydrogens (tertiary/aromatic N) is 2. The van der Waals surface area contributed by atoms with Gasteiger partial charge in [0.25, 0.3) is 5.91 Å². The lowest BCUT2D eigenvalue weighted by Crippen LogP contribution is -2.12. The topological polar surface area (TPSA) is 68.9 Å². The molecule has 0 aliphatic heterocycles. The molecular formula is C5H6N3O+. The number of carbonyl (C=O) groups excluding carboxylic acids is 1. The van der Waals surface area contributed by atoms with E-state index in [4.69, 9.17) is 5.73 Å². The predicted molar refractivity (Wildman–Crippen MR) is 31.7 cm³/mol. The van der Waals surface area contributed by atoms with Crippen LogP contribution in [0.15, 0.2) is 18.6 Å². The third-order valence-electron chi connectivity index (χ3n) is 0.834. The molecule has 1 aromatic heterocycles. The second-order valence-corrected chi connectivity index (χ2v) is 1.46. The standard InChI is InChI=1S/C5H5N3O/c6-5(9)4-1-2-7-3-8-4/h1-3H,(H2,6,9)/p+1. The highest BCUT2D eigenvalue weighted by atomic mass is 16.1. The maximum atomic E-state index is 10.3. The van der Waals surface area contributed by atoms with E-state index in [2.05, 4.69) is 9.97 Å². The van der Waals surface area contributed by atoms with Crippen molar-refractivity contribution in [3.8, 4) is 0 Å². The lowest BCUT2D eigenvalue weighted by atomic mass is 10.4. The Morgan fingerprint density at radius 3 is 2.89 bits per heavy atom. The number of hydrogen-bond acceptors (Lipinski definition) is 3. The van der Waals surface area contributed by atoms with E-state index in [1.807, 2.05) is 0 Å². The van der Waals surface area contributed by atoms with Crippen LogP contribution in [0.4, 0.5) is 0 Å².